The average molecular weight is 370 g/mol. The van der Waals surface area contributed by atoms with Gasteiger partial charge in [0, 0.05) is 23.4 Å². The van der Waals surface area contributed by atoms with Crippen molar-refractivity contribution in [3.05, 3.63) is 52.6 Å². The quantitative estimate of drug-likeness (QED) is 0.747. The summed E-state index contributed by atoms with van der Waals surface area (Å²) in [5.74, 6) is 0.430. The molecule has 0 saturated carbocycles. The topological polar surface area (TPSA) is 59.8 Å². The van der Waals surface area contributed by atoms with E-state index >= 15 is 0 Å². The first-order chi connectivity index (χ1) is 12.4. The molecule has 0 radical (unpaired) electrons. The Bertz CT molecular complexity index is 1030. The van der Waals surface area contributed by atoms with Crippen LogP contribution in [0.3, 0.4) is 0 Å². The number of benzene rings is 1. The van der Waals surface area contributed by atoms with Gasteiger partial charge in [-0.1, -0.05) is 0 Å². The summed E-state index contributed by atoms with van der Waals surface area (Å²) in [5.41, 5.74) is 3.63. The zero-order valence-electron chi connectivity index (χ0n) is 14.8. The van der Waals surface area contributed by atoms with Crippen LogP contribution < -0.4 is 5.32 Å². The molecule has 0 saturated heterocycles. The highest BCUT2D eigenvalue weighted by atomic mass is 32.2. The number of aryl methyl sites for hydroxylation is 3. The minimum Gasteiger partial charge on any atom is -0.345 e. The highest BCUT2D eigenvalue weighted by Gasteiger charge is 2.25. The van der Waals surface area contributed by atoms with Crippen LogP contribution in [-0.4, -0.2) is 26.4 Å². The number of amides is 1. The lowest BCUT2D eigenvalue weighted by Crippen LogP contribution is -2.31. The van der Waals surface area contributed by atoms with E-state index in [1.165, 1.54) is 12.1 Å². The summed E-state index contributed by atoms with van der Waals surface area (Å²) in [6.45, 7) is 3.73. The van der Waals surface area contributed by atoms with Crippen molar-refractivity contribution in [3.63, 3.8) is 0 Å². The second-order valence-electron chi connectivity index (χ2n) is 6.56. The summed E-state index contributed by atoms with van der Waals surface area (Å²) in [7, 11) is 1.82. The third-order valence-corrected chi connectivity index (χ3v) is 5.78. The second-order valence-corrected chi connectivity index (χ2v) is 7.70. The number of halogens is 1. The minimum atomic E-state index is -0.282. The van der Waals surface area contributed by atoms with Gasteiger partial charge in [0.15, 0.2) is 5.65 Å². The van der Waals surface area contributed by atoms with Gasteiger partial charge in [0.2, 0.25) is 0 Å². The van der Waals surface area contributed by atoms with Crippen molar-refractivity contribution in [1.29, 1.82) is 0 Å². The number of pyridine rings is 1. The molecule has 0 fully saturated rings. The monoisotopic (exact) mass is 370 g/mol. The van der Waals surface area contributed by atoms with Gasteiger partial charge in [0.05, 0.1) is 22.7 Å². The Morgan fingerprint density at radius 3 is 2.96 bits per heavy atom. The van der Waals surface area contributed by atoms with E-state index in [9.17, 15) is 9.18 Å². The van der Waals surface area contributed by atoms with E-state index in [4.69, 9.17) is 0 Å². The van der Waals surface area contributed by atoms with Crippen LogP contribution in [0.4, 0.5) is 4.39 Å². The number of carbonyl (C=O) groups excluding carboxylic acids is 1. The number of nitrogens with zero attached hydrogens (tertiary/aromatic N) is 3. The molecular weight excluding hydrogens is 351 g/mol. The van der Waals surface area contributed by atoms with Crippen LogP contribution >= 0.6 is 11.8 Å². The van der Waals surface area contributed by atoms with E-state index in [2.05, 4.69) is 15.4 Å². The van der Waals surface area contributed by atoms with Gasteiger partial charge in [-0.25, -0.2) is 9.37 Å². The van der Waals surface area contributed by atoms with E-state index in [1.54, 1.807) is 28.6 Å². The van der Waals surface area contributed by atoms with Crippen molar-refractivity contribution in [2.45, 2.75) is 31.2 Å². The van der Waals surface area contributed by atoms with Crippen LogP contribution in [0.15, 0.2) is 29.2 Å². The Kier molecular flexibility index (Phi) is 4.19. The molecule has 1 aliphatic rings. The van der Waals surface area contributed by atoms with Crippen LogP contribution in [-0.2, 0) is 7.05 Å². The average Bonchev–Trinajstić information content (AvgIpc) is 2.88. The zero-order valence-corrected chi connectivity index (χ0v) is 15.7. The molecule has 0 spiro atoms. The zero-order chi connectivity index (χ0) is 18.4. The summed E-state index contributed by atoms with van der Waals surface area (Å²) >= 11 is 1.69. The lowest BCUT2D eigenvalue weighted by atomic mass is 10.0. The largest absolute Gasteiger partial charge is 0.345 e. The number of carbonyl (C=O) groups is 1. The molecular formula is C19H19FN4OS. The predicted molar refractivity (Wildman–Crippen MR) is 99.9 cm³/mol. The van der Waals surface area contributed by atoms with Crippen molar-refractivity contribution < 1.29 is 9.18 Å². The van der Waals surface area contributed by atoms with E-state index in [1.807, 2.05) is 20.9 Å². The van der Waals surface area contributed by atoms with Crippen molar-refractivity contribution in [1.82, 2.24) is 20.1 Å². The van der Waals surface area contributed by atoms with Crippen LogP contribution in [0.25, 0.3) is 11.0 Å². The van der Waals surface area contributed by atoms with Gasteiger partial charge >= 0.3 is 0 Å². The van der Waals surface area contributed by atoms with E-state index in [-0.39, 0.29) is 17.8 Å². The van der Waals surface area contributed by atoms with Gasteiger partial charge < -0.3 is 5.32 Å². The Balaban J connectivity index is 1.73. The molecule has 1 unspecified atom stereocenters. The van der Waals surface area contributed by atoms with E-state index < -0.39 is 0 Å². The molecule has 1 N–H and O–H groups in total. The maximum atomic E-state index is 13.7. The van der Waals surface area contributed by atoms with Gasteiger partial charge in [-0.15, -0.1) is 11.8 Å². The van der Waals surface area contributed by atoms with Crippen molar-refractivity contribution >= 4 is 28.7 Å². The summed E-state index contributed by atoms with van der Waals surface area (Å²) in [4.78, 5) is 18.6. The number of rotatable bonds is 2. The fraction of sp³-hybridized carbons (Fsp3) is 0.316. The molecule has 7 heteroatoms. The molecule has 5 nitrogen and oxygen atoms in total. The summed E-state index contributed by atoms with van der Waals surface area (Å²) < 4.78 is 15.4. The molecule has 3 heterocycles. The van der Waals surface area contributed by atoms with Crippen LogP contribution in [0.5, 0.6) is 0 Å². The van der Waals surface area contributed by atoms with Crippen LogP contribution in [0.2, 0.25) is 0 Å². The van der Waals surface area contributed by atoms with Crippen molar-refractivity contribution in [2.24, 2.45) is 7.05 Å². The third-order valence-electron chi connectivity index (χ3n) is 4.66. The van der Waals surface area contributed by atoms with Gasteiger partial charge in [0.1, 0.15) is 5.82 Å². The molecule has 1 aliphatic heterocycles. The molecule has 134 valence electrons. The molecule has 0 bridgehead atoms. The van der Waals surface area contributed by atoms with Gasteiger partial charge in [-0.05, 0) is 50.1 Å². The van der Waals surface area contributed by atoms with Crippen LogP contribution in [0.1, 0.15) is 39.8 Å². The Morgan fingerprint density at radius 2 is 2.15 bits per heavy atom. The number of aromatic nitrogens is 3. The number of thioether (sulfide) groups is 1. The minimum absolute atomic E-state index is 0.177. The van der Waals surface area contributed by atoms with Gasteiger partial charge in [-0.2, -0.15) is 5.10 Å². The fourth-order valence-corrected chi connectivity index (χ4v) is 4.61. The van der Waals surface area contributed by atoms with Crippen LogP contribution in [0, 0.1) is 19.7 Å². The first-order valence-electron chi connectivity index (χ1n) is 8.48. The molecule has 3 aromatic rings. The number of nitrogens with one attached hydrogen (secondary N) is 1. The smallest absolute Gasteiger partial charge is 0.252 e. The third kappa shape index (κ3) is 2.86. The molecule has 1 amide bonds. The lowest BCUT2D eigenvalue weighted by Gasteiger charge is -2.26. The molecule has 1 aromatic carbocycles. The Morgan fingerprint density at radius 1 is 1.35 bits per heavy atom. The molecule has 4 rings (SSSR count). The Labute approximate surface area is 155 Å². The van der Waals surface area contributed by atoms with E-state index in [0.29, 0.717) is 11.2 Å². The number of hydrogen-bond acceptors (Lipinski definition) is 4. The molecule has 26 heavy (non-hydrogen) atoms. The Hall–Kier alpha value is -2.41. The summed E-state index contributed by atoms with van der Waals surface area (Å²) in [6, 6.07) is 6.36. The molecule has 1 atom stereocenters. The first-order valence-corrected chi connectivity index (χ1v) is 9.46. The number of hydrogen-bond donors (Lipinski definition) is 1. The van der Waals surface area contributed by atoms with Gasteiger partial charge in [-0.3, -0.25) is 9.48 Å². The molecule has 2 aromatic heterocycles. The highest BCUT2D eigenvalue weighted by molar-refractivity contribution is 7.99. The normalized spacial score (nSPS) is 16.5. The molecule has 0 aliphatic carbocycles. The van der Waals surface area contributed by atoms with Gasteiger partial charge in [0.25, 0.3) is 5.91 Å². The van der Waals surface area contributed by atoms with E-state index in [0.717, 1.165) is 39.4 Å². The maximum absolute atomic E-state index is 13.7. The summed E-state index contributed by atoms with van der Waals surface area (Å²) in [6.07, 6.45) is 0.770. The predicted octanol–water partition coefficient (Wildman–Crippen LogP) is 3.69. The lowest BCUT2D eigenvalue weighted by molar-refractivity contribution is 0.0936. The number of fused-ring (bicyclic) bond motifs is 2. The van der Waals surface area contributed by atoms with Crippen molar-refractivity contribution in [3.8, 4) is 0 Å². The first kappa shape index (κ1) is 17.0. The standard InChI is InChI=1S/C19H19FN4OS/c1-10-8-14(17-11(2)23-24(3)18(17)21-10)19(25)22-15-6-7-26-16-5-4-12(20)9-13(15)16/h4-5,8-9,15H,6-7H2,1-3H3,(H,22,25). The fourth-order valence-electron chi connectivity index (χ4n) is 3.50. The highest BCUT2D eigenvalue weighted by Crippen LogP contribution is 2.36. The SMILES string of the molecule is Cc1cc(C(=O)NC2CCSc3ccc(F)cc32)c2c(C)nn(C)c2n1. The second kappa shape index (κ2) is 6.39. The van der Waals surface area contributed by atoms with Crippen molar-refractivity contribution in [2.75, 3.05) is 5.75 Å². The maximum Gasteiger partial charge on any atom is 0.252 e. The summed E-state index contributed by atoms with van der Waals surface area (Å²) in [5, 5.41) is 8.24.